The Balaban J connectivity index is 1.49. The van der Waals surface area contributed by atoms with Gasteiger partial charge in [0.15, 0.2) is 5.13 Å². The van der Waals surface area contributed by atoms with Crippen LogP contribution in [-0.4, -0.2) is 60.0 Å². The van der Waals surface area contributed by atoms with Crippen molar-refractivity contribution in [2.24, 2.45) is 0 Å². The number of benzene rings is 1. The van der Waals surface area contributed by atoms with Crippen molar-refractivity contribution >= 4 is 38.3 Å². The molecule has 1 aromatic carbocycles. The number of amides is 1. The van der Waals surface area contributed by atoms with E-state index in [2.05, 4.69) is 43.0 Å². The second kappa shape index (κ2) is 8.89. The summed E-state index contributed by atoms with van der Waals surface area (Å²) >= 11 is 4.90. The molecule has 5 nitrogen and oxygen atoms in total. The summed E-state index contributed by atoms with van der Waals surface area (Å²) in [5.74, 6) is 0.0145. The molecule has 1 amide bonds. The van der Waals surface area contributed by atoms with E-state index in [4.69, 9.17) is 0 Å². The summed E-state index contributed by atoms with van der Waals surface area (Å²) in [6, 6.07) is 8.01. The number of hydrogen-bond donors (Lipinski definition) is 1. The lowest BCUT2D eigenvalue weighted by Gasteiger charge is -2.33. The maximum absolute atomic E-state index is 12.3. The van der Waals surface area contributed by atoms with Gasteiger partial charge in [0.1, 0.15) is 0 Å². The summed E-state index contributed by atoms with van der Waals surface area (Å²) in [7, 11) is 0. The Hall–Kier alpha value is -1.28. The number of rotatable bonds is 6. The predicted octanol–water partition coefficient (Wildman–Crippen LogP) is 3.54. The summed E-state index contributed by atoms with van der Waals surface area (Å²) in [6.45, 7) is 7.80. The molecule has 1 aliphatic rings. The van der Waals surface area contributed by atoms with Crippen molar-refractivity contribution in [3.8, 4) is 11.3 Å². The summed E-state index contributed by atoms with van der Waals surface area (Å²) in [5.41, 5.74) is 1.94. The molecule has 2 heterocycles. The minimum atomic E-state index is 0.0145. The van der Waals surface area contributed by atoms with Crippen molar-refractivity contribution in [1.82, 2.24) is 14.8 Å². The molecule has 1 saturated heterocycles. The van der Waals surface area contributed by atoms with Gasteiger partial charge in [0.25, 0.3) is 0 Å². The molecule has 3 rings (SSSR count). The van der Waals surface area contributed by atoms with E-state index < -0.39 is 0 Å². The highest BCUT2D eigenvalue weighted by molar-refractivity contribution is 9.10. The fourth-order valence-corrected chi connectivity index (χ4v) is 3.93. The van der Waals surface area contributed by atoms with Gasteiger partial charge in [0.05, 0.1) is 12.2 Å². The van der Waals surface area contributed by atoms with E-state index in [0.29, 0.717) is 11.7 Å². The molecule has 0 unspecified atom stereocenters. The number of nitrogens with one attached hydrogen (secondary N) is 1. The Morgan fingerprint density at radius 1 is 1.20 bits per heavy atom. The van der Waals surface area contributed by atoms with Crippen molar-refractivity contribution in [1.29, 1.82) is 0 Å². The first-order valence-electron chi connectivity index (χ1n) is 8.60. The summed E-state index contributed by atoms with van der Waals surface area (Å²) < 4.78 is 1.04. The van der Waals surface area contributed by atoms with Crippen LogP contribution in [0.15, 0.2) is 34.1 Å². The van der Waals surface area contributed by atoms with E-state index in [9.17, 15) is 4.79 Å². The third-order valence-electron chi connectivity index (χ3n) is 4.26. The average molecular weight is 423 g/mol. The second-order valence-electron chi connectivity index (χ2n) is 6.21. The highest BCUT2D eigenvalue weighted by Gasteiger charge is 2.18. The van der Waals surface area contributed by atoms with Crippen molar-refractivity contribution < 1.29 is 4.79 Å². The van der Waals surface area contributed by atoms with Gasteiger partial charge in [-0.2, -0.15) is 0 Å². The highest BCUT2D eigenvalue weighted by Crippen LogP contribution is 2.26. The van der Waals surface area contributed by atoms with Crippen LogP contribution in [0.3, 0.4) is 0 Å². The first kappa shape index (κ1) is 18.5. The van der Waals surface area contributed by atoms with Crippen molar-refractivity contribution in [3.05, 3.63) is 34.1 Å². The molecule has 1 N–H and O–H groups in total. The number of thiazole rings is 1. The Morgan fingerprint density at radius 3 is 2.56 bits per heavy atom. The SMILES string of the molecule is CCCN1CCN(CC(=O)Nc2nc(-c3ccc(Br)cc3)cs2)CC1. The zero-order valence-electron chi connectivity index (χ0n) is 14.4. The molecule has 25 heavy (non-hydrogen) atoms. The van der Waals surface area contributed by atoms with Gasteiger partial charge >= 0.3 is 0 Å². The van der Waals surface area contributed by atoms with Gasteiger partial charge in [-0.1, -0.05) is 35.0 Å². The van der Waals surface area contributed by atoms with Crippen LogP contribution in [0, 0.1) is 0 Å². The Kier molecular flexibility index (Phi) is 6.58. The smallest absolute Gasteiger partial charge is 0.240 e. The first-order valence-corrected chi connectivity index (χ1v) is 10.3. The monoisotopic (exact) mass is 422 g/mol. The van der Waals surface area contributed by atoms with Gasteiger partial charge in [-0.15, -0.1) is 11.3 Å². The van der Waals surface area contributed by atoms with Gasteiger partial charge in [-0.3, -0.25) is 9.69 Å². The fraction of sp³-hybridized carbons (Fsp3) is 0.444. The highest BCUT2D eigenvalue weighted by atomic mass is 79.9. The normalized spacial score (nSPS) is 16.1. The van der Waals surface area contributed by atoms with Gasteiger partial charge < -0.3 is 10.2 Å². The van der Waals surface area contributed by atoms with Crippen molar-refractivity contribution in [2.75, 3.05) is 44.6 Å². The number of carbonyl (C=O) groups is 1. The number of hydrogen-bond acceptors (Lipinski definition) is 5. The quantitative estimate of drug-likeness (QED) is 0.772. The molecule has 2 aromatic rings. The first-order chi connectivity index (χ1) is 12.1. The number of piperazine rings is 1. The van der Waals surface area contributed by atoms with Crippen LogP contribution in [0.1, 0.15) is 13.3 Å². The average Bonchev–Trinajstić information content (AvgIpc) is 3.06. The third kappa shape index (κ3) is 5.34. The van der Waals surface area contributed by atoms with Gasteiger partial charge in [0, 0.05) is 41.6 Å². The maximum atomic E-state index is 12.3. The van der Waals surface area contributed by atoms with Gasteiger partial charge in [-0.05, 0) is 25.1 Å². The number of halogens is 1. The van der Waals surface area contributed by atoms with E-state index >= 15 is 0 Å². The molecular weight excluding hydrogens is 400 g/mol. The molecule has 0 radical (unpaired) electrons. The van der Waals surface area contributed by atoms with Crippen LogP contribution in [0.25, 0.3) is 11.3 Å². The van der Waals surface area contributed by atoms with Crippen molar-refractivity contribution in [2.45, 2.75) is 13.3 Å². The summed E-state index contributed by atoms with van der Waals surface area (Å²) in [5, 5.41) is 5.57. The van der Waals surface area contributed by atoms with Crippen LogP contribution >= 0.6 is 27.3 Å². The zero-order chi connectivity index (χ0) is 17.6. The largest absolute Gasteiger partial charge is 0.301 e. The van der Waals surface area contributed by atoms with E-state index in [0.717, 1.165) is 48.5 Å². The Bertz CT molecular complexity index is 695. The van der Waals surface area contributed by atoms with E-state index in [1.165, 1.54) is 17.8 Å². The fourth-order valence-electron chi connectivity index (χ4n) is 2.93. The minimum absolute atomic E-state index is 0.0145. The van der Waals surface area contributed by atoms with Gasteiger partial charge in [0.2, 0.25) is 5.91 Å². The zero-order valence-corrected chi connectivity index (χ0v) is 16.8. The number of anilines is 1. The van der Waals surface area contributed by atoms with E-state index in [1.807, 2.05) is 29.6 Å². The molecule has 7 heteroatoms. The number of aromatic nitrogens is 1. The maximum Gasteiger partial charge on any atom is 0.240 e. The molecule has 1 aliphatic heterocycles. The van der Waals surface area contributed by atoms with E-state index in [-0.39, 0.29) is 5.91 Å². The lowest BCUT2D eigenvalue weighted by atomic mass is 10.2. The molecular formula is C18H23BrN4OS. The Labute approximate surface area is 161 Å². The standard InChI is InChI=1S/C18H23BrN4OS/c1-2-7-22-8-10-23(11-9-22)12-17(24)21-18-20-16(13-25-18)14-3-5-15(19)6-4-14/h3-6,13H,2,7-12H2,1H3,(H,20,21,24). The topological polar surface area (TPSA) is 48.5 Å². The predicted molar refractivity (Wildman–Crippen MR) is 107 cm³/mol. The second-order valence-corrected chi connectivity index (χ2v) is 7.98. The molecule has 0 bridgehead atoms. The van der Waals surface area contributed by atoms with Crippen LogP contribution in [0.4, 0.5) is 5.13 Å². The molecule has 0 atom stereocenters. The van der Waals surface area contributed by atoms with Crippen LogP contribution < -0.4 is 5.32 Å². The molecule has 0 saturated carbocycles. The lowest BCUT2D eigenvalue weighted by molar-refractivity contribution is -0.117. The number of nitrogens with zero attached hydrogens (tertiary/aromatic N) is 3. The van der Waals surface area contributed by atoms with Crippen LogP contribution in [-0.2, 0) is 4.79 Å². The molecule has 0 spiro atoms. The van der Waals surface area contributed by atoms with Crippen LogP contribution in [0.2, 0.25) is 0 Å². The van der Waals surface area contributed by atoms with Crippen LogP contribution in [0.5, 0.6) is 0 Å². The van der Waals surface area contributed by atoms with Gasteiger partial charge in [-0.25, -0.2) is 4.98 Å². The molecule has 1 aromatic heterocycles. The Morgan fingerprint density at radius 2 is 1.88 bits per heavy atom. The molecule has 0 aliphatic carbocycles. The summed E-state index contributed by atoms with van der Waals surface area (Å²) in [6.07, 6.45) is 1.19. The minimum Gasteiger partial charge on any atom is -0.301 e. The lowest BCUT2D eigenvalue weighted by Crippen LogP contribution is -2.48. The molecule has 134 valence electrons. The van der Waals surface area contributed by atoms with E-state index in [1.54, 1.807) is 0 Å². The molecule has 1 fully saturated rings. The number of carbonyl (C=O) groups excluding carboxylic acids is 1. The third-order valence-corrected chi connectivity index (χ3v) is 5.55. The summed E-state index contributed by atoms with van der Waals surface area (Å²) in [4.78, 5) is 21.5. The van der Waals surface area contributed by atoms with Crippen molar-refractivity contribution in [3.63, 3.8) is 0 Å².